The van der Waals surface area contributed by atoms with Crippen molar-refractivity contribution < 1.29 is 40.5 Å². The average Bonchev–Trinajstić information content (AvgIpc) is 1.12. The van der Waals surface area contributed by atoms with Crippen molar-refractivity contribution in [2.45, 2.75) is 0 Å². The van der Waals surface area contributed by atoms with E-state index in [1.54, 1.807) is 0 Å². The molecule has 0 aromatic rings. The third-order valence-electron chi connectivity index (χ3n) is 0. The minimum atomic E-state index is -4.67. The highest BCUT2D eigenvalue weighted by Gasteiger charge is 1.85. The highest BCUT2D eigenvalue weighted by Crippen LogP contribution is 1.59. The average molecular weight is 274 g/mol. The second kappa shape index (κ2) is 10.8. The second-order valence-corrected chi connectivity index (χ2v) is 2.69. The lowest BCUT2D eigenvalue weighted by Gasteiger charge is -1.68. The van der Waals surface area contributed by atoms with Gasteiger partial charge in [0.2, 0.25) is 0 Å². The zero-order valence-electron chi connectivity index (χ0n) is 4.74. The van der Waals surface area contributed by atoms with Crippen LogP contribution in [0.1, 0.15) is 0 Å². The Balaban J connectivity index is -0.0000000267. The zero-order valence-corrected chi connectivity index (χ0v) is 6.37. The van der Waals surface area contributed by atoms with Crippen molar-refractivity contribution >= 4 is 55.5 Å². The van der Waals surface area contributed by atoms with Crippen LogP contribution in [-0.4, -0.2) is 75.2 Å². The summed E-state index contributed by atoms with van der Waals surface area (Å²) in [5, 5.41) is 0. The van der Waals surface area contributed by atoms with Gasteiger partial charge in [-0.2, -0.15) is 16.8 Å². The van der Waals surface area contributed by atoms with E-state index in [9.17, 15) is 0 Å². The first-order valence-electron chi connectivity index (χ1n) is 1.40. The highest BCUT2D eigenvalue weighted by atomic mass is 32.3. The van der Waals surface area contributed by atoms with Crippen LogP contribution in [0.15, 0.2) is 0 Å². The molecule has 13 heteroatoms. The molecule has 6 N–H and O–H groups in total. The van der Waals surface area contributed by atoms with E-state index in [2.05, 4.69) is 0 Å². The molecule has 13 heavy (non-hydrogen) atoms. The maximum atomic E-state index is 8.74. The quantitative estimate of drug-likeness (QED) is 0.252. The van der Waals surface area contributed by atoms with Crippen LogP contribution in [0.5, 0.6) is 0 Å². The summed E-state index contributed by atoms with van der Waals surface area (Å²) in [6.45, 7) is 0. The van der Waals surface area contributed by atoms with Crippen LogP contribution in [0.4, 0.5) is 0 Å². The summed E-state index contributed by atoms with van der Waals surface area (Å²) >= 11 is 0. The van der Waals surface area contributed by atoms with Crippen molar-refractivity contribution in [1.29, 1.82) is 0 Å². The summed E-state index contributed by atoms with van der Waals surface area (Å²) in [7, 11) is -9.33. The summed E-state index contributed by atoms with van der Waals surface area (Å²) in [5.41, 5.74) is 0. The molecular formula is H12Al2O9S2. The maximum absolute atomic E-state index is 8.74. The van der Waals surface area contributed by atoms with Gasteiger partial charge in [-0.3, -0.25) is 18.2 Å². The zero-order chi connectivity index (χ0) is 9.00. The molecule has 0 aliphatic rings. The Bertz CT molecular complexity index is 212. The van der Waals surface area contributed by atoms with Gasteiger partial charge >= 0.3 is 20.8 Å². The number of hydrogen-bond acceptors (Lipinski definition) is 4. The van der Waals surface area contributed by atoms with Crippen molar-refractivity contribution in [3.8, 4) is 0 Å². The van der Waals surface area contributed by atoms with Gasteiger partial charge < -0.3 is 5.48 Å². The Hall–Kier alpha value is 0.765. The van der Waals surface area contributed by atoms with Crippen LogP contribution in [0.2, 0.25) is 0 Å². The minimum absolute atomic E-state index is 0. The molecule has 0 atom stereocenters. The first-order valence-corrected chi connectivity index (χ1v) is 4.19. The van der Waals surface area contributed by atoms with Gasteiger partial charge in [0.25, 0.3) is 0 Å². The molecule has 0 aliphatic carbocycles. The molecule has 0 amide bonds. The molecule has 0 heterocycles. The van der Waals surface area contributed by atoms with E-state index >= 15 is 0 Å². The van der Waals surface area contributed by atoms with Crippen LogP contribution in [-0.2, 0) is 20.8 Å². The largest absolute Gasteiger partial charge is 0.412 e. The molecule has 0 aliphatic heterocycles. The Morgan fingerprint density at radius 3 is 0.615 bits per heavy atom. The SMILES string of the molecule is O.O=S(=O)(O)O.O=S(=O)(O)O.[AlH3].[AlH3]. The second-order valence-electron chi connectivity index (χ2n) is 0.896. The molecule has 9 nitrogen and oxygen atoms in total. The molecular weight excluding hydrogens is 262 g/mol. The first kappa shape index (κ1) is 29.2. The summed E-state index contributed by atoms with van der Waals surface area (Å²) < 4.78 is 63.2. The monoisotopic (exact) mass is 274 g/mol. The van der Waals surface area contributed by atoms with Gasteiger partial charge in [0.1, 0.15) is 0 Å². The van der Waals surface area contributed by atoms with E-state index in [-0.39, 0.29) is 40.2 Å². The van der Waals surface area contributed by atoms with E-state index in [1.807, 2.05) is 0 Å². The standard InChI is InChI=1S/2Al.2H2O4S.H2O.6H/c;;2*1-5(2,3)4;;;;;;;/h;;2*(H2,1,2,3,4);1H2;;;;;;. The van der Waals surface area contributed by atoms with E-state index in [0.29, 0.717) is 0 Å². The van der Waals surface area contributed by atoms with Crippen molar-refractivity contribution in [1.82, 2.24) is 0 Å². The molecule has 0 bridgehead atoms. The third kappa shape index (κ3) is 2530. The molecule has 0 aromatic heterocycles. The van der Waals surface area contributed by atoms with Gasteiger partial charge in [0.05, 0.1) is 0 Å². The molecule has 0 fully saturated rings. The molecule has 0 radical (unpaired) electrons. The van der Waals surface area contributed by atoms with Gasteiger partial charge in [-0.05, 0) is 0 Å². The predicted octanol–water partition coefficient (Wildman–Crippen LogP) is -4.50. The van der Waals surface area contributed by atoms with Gasteiger partial charge in [-0.25, -0.2) is 0 Å². The topological polar surface area (TPSA) is 181 Å². The number of hydrogen-bond donors (Lipinski definition) is 4. The van der Waals surface area contributed by atoms with Gasteiger partial charge in [0, 0.05) is 0 Å². The molecule has 0 rings (SSSR count). The van der Waals surface area contributed by atoms with Gasteiger partial charge in [-0.15, -0.1) is 0 Å². The lowest BCUT2D eigenvalue weighted by Crippen LogP contribution is -1.89. The third-order valence-corrected chi connectivity index (χ3v) is 0. The Kier molecular flexibility index (Phi) is 24.4. The fourth-order valence-electron chi connectivity index (χ4n) is 0. The van der Waals surface area contributed by atoms with Crippen molar-refractivity contribution in [2.75, 3.05) is 0 Å². The summed E-state index contributed by atoms with van der Waals surface area (Å²) in [6, 6.07) is 0. The Labute approximate surface area is 95.9 Å². The van der Waals surface area contributed by atoms with Crippen molar-refractivity contribution in [3.63, 3.8) is 0 Å². The molecule has 0 aromatic carbocycles. The molecule has 0 saturated carbocycles. The fourth-order valence-corrected chi connectivity index (χ4v) is 0. The van der Waals surface area contributed by atoms with Crippen LogP contribution in [0, 0.1) is 0 Å². The van der Waals surface area contributed by atoms with Gasteiger partial charge in [-0.1, -0.05) is 0 Å². The summed E-state index contributed by atoms with van der Waals surface area (Å²) in [5.74, 6) is 0. The van der Waals surface area contributed by atoms with E-state index < -0.39 is 20.8 Å². The van der Waals surface area contributed by atoms with E-state index in [4.69, 9.17) is 35.0 Å². The predicted molar refractivity (Wildman–Crippen MR) is 51.8 cm³/mol. The van der Waals surface area contributed by atoms with Crippen LogP contribution in [0.25, 0.3) is 0 Å². The summed E-state index contributed by atoms with van der Waals surface area (Å²) in [4.78, 5) is 0. The lowest BCUT2D eigenvalue weighted by atomic mass is 15.8. The molecule has 0 unspecified atom stereocenters. The van der Waals surface area contributed by atoms with Crippen LogP contribution >= 0.6 is 0 Å². The maximum Gasteiger partial charge on any atom is 0.394 e. The molecule has 0 saturated heterocycles. The van der Waals surface area contributed by atoms with Crippen molar-refractivity contribution in [3.05, 3.63) is 0 Å². The fraction of sp³-hybridized carbons (Fsp3) is 0. The van der Waals surface area contributed by atoms with Crippen molar-refractivity contribution in [2.24, 2.45) is 0 Å². The van der Waals surface area contributed by atoms with E-state index in [1.165, 1.54) is 0 Å². The minimum Gasteiger partial charge on any atom is -0.412 e. The Morgan fingerprint density at radius 2 is 0.615 bits per heavy atom. The van der Waals surface area contributed by atoms with E-state index in [0.717, 1.165) is 0 Å². The Morgan fingerprint density at radius 1 is 0.615 bits per heavy atom. The molecule has 84 valence electrons. The van der Waals surface area contributed by atoms with Crippen LogP contribution < -0.4 is 0 Å². The lowest BCUT2D eigenvalue weighted by molar-refractivity contribution is 0.378. The molecule has 0 spiro atoms. The highest BCUT2D eigenvalue weighted by molar-refractivity contribution is 7.80. The first-order chi connectivity index (χ1) is 4.00. The smallest absolute Gasteiger partial charge is 0.394 e. The number of rotatable bonds is 0. The van der Waals surface area contributed by atoms with Crippen LogP contribution in [0.3, 0.4) is 0 Å². The normalized spacial score (nSPS) is 8.92. The summed E-state index contributed by atoms with van der Waals surface area (Å²) in [6.07, 6.45) is 0. The van der Waals surface area contributed by atoms with Gasteiger partial charge in [0.15, 0.2) is 34.7 Å².